The number of primary amides is 1. The van der Waals surface area contributed by atoms with Crippen molar-refractivity contribution in [2.75, 3.05) is 26.3 Å². The summed E-state index contributed by atoms with van der Waals surface area (Å²) in [7, 11) is 0. The molecule has 0 radical (unpaired) electrons. The number of unbranched alkanes of at least 4 members (excludes halogenated alkanes) is 1. The highest BCUT2D eigenvalue weighted by molar-refractivity contribution is 6.00. The van der Waals surface area contributed by atoms with Crippen LogP contribution in [-0.2, 0) is 91.3 Å². The van der Waals surface area contributed by atoms with Gasteiger partial charge in [0.25, 0.3) is 0 Å². The molecule has 36 heteroatoms. The Bertz CT molecular complexity index is 4210. The first-order chi connectivity index (χ1) is 53.3. The van der Waals surface area contributed by atoms with Crippen molar-refractivity contribution in [3.63, 3.8) is 0 Å². The summed E-state index contributed by atoms with van der Waals surface area (Å²) >= 11 is 0. The molecule has 10 atom stereocenters. The molecule has 17 N–H and O–H groups in total. The molecule has 112 heavy (non-hydrogen) atoms. The highest BCUT2D eigenvalue weighted by atomic mass is 19.1. The molecular weight excluding hydrogens is 1450 g/mol. The van der Waals surface area contributed by atoms with Crippen molar-refractivity contribution in [3.05, 3.63) is 159 Å². The van der Waals surface area contributed by atoms with E-state index in [4.69, 9.17) is 16.0 Å². The first kappa shape index (κ1) is 89.1. The first-order valence-electron chi connectivity index (χ1n) is 36.9. The summed E-state index contributed by atoms with van der Waals surface area (Å²) in [6.07, 6.45) is 2.39. The van der Waals surface area contributed by atoms with Crippen molar-refractivity contribution < 1.29 is 77.2 Å². The van der Waals surface area contributed by atoms with E-state index in [1.807, 2.05) is 69.3 Å². The lowest BCUT2D eigenvalue weighted by Crippen LogP contribution is -2.67. The van der Waals surface area contributed by atoms with Gasteiger partial charge in [-0.15, -0.1) is 10.2 Å². The normalized spacial score (nSPS) is 14.2. The van der Waals surface area contributed by atoms with Crippen molar-refractivity contribution in [1.82, 2.24) is 83.8 Å². The maximum absolute atomic E-state index is 15.5. The second-order valence-electron chi connectivity index (χ2n) is 28.2. The van der Waals surface area contributed by atoms with Gasteiger partial charge in [0.15, 0.2) is 5.82 Å². The topological polar surface area (TPSA) is 536 Å². The Morgan fingerprint density at radius 2 is 1.32 bits per heavy atom. The van der Waals surface area contributed by atoms with Crippen LogP contribution in [0, 0.1) is 19.7 Å². The number of hydrogen-bond donors (Lipinski definition) is 16. The summed E-state index contributed by atoms with van der Waals surface area (Å²) in [6.45, 7) is 12.3. The quantitative estimate of drug-likeness (QED) is 0.0111. The van der Waals surface area contributed by atoms with E-state index in [2.05, 4.69) is 93.8 Å². The Hall–Kier alpha value is -11.8. The van der Waals surface area contributed by atoms with Gasteiger partial charge >= 0.3 is 0 Å². The molecule has 6 rings (SSSR count). The average molecular weight is 1560 g/mol. The van der Waals surface area contributed by atoms with Crippen LogP contribution in [0.3, 0.4) is 0 Å². The highest BCUT2D eigenvalue weighted by Gasteiger charge is 2.43. The number of H-pyrrole nitrogens is 2. The summed E-state index contributed by atoms with van der Waals surface area (Å²) in [6, 6.07) is 12.8. The molecule has 0 saturated carbocycles. The number of nitrogens with two attached hydrogens (primary N) is 1. The van der Waals surface area contributed by atoms with Gasteiger partial charge in [-0.25, -0.2) is 9.37 Å². The fourth-order valence-corrected chi connectivity index (χ4v) is 12.2. The second-order valence-corrected chi connectivity index (χ2v) is 28.2. The van der Waals surface area contributed by atoms with Crippen molar-refractivity contribution in [2.24, 2.45) is 10.8 Å². The Kier molecular flexibility index (Phi) is 34.7. The number of imidazole rings is 1. The molecule has 0 spiro atoms. The number of ether oxygens (including phenoxy) is 1. The average Bonchev–Trinajstić information content (AvgIpc) is 0.853. The minimum Gasteiger partial charge on any atom is -0.494 e. The van der Waals surface area contributed by atoms with E-state index in [0.29, 0.717) is 69.4 Å². The molecule has 6 aromatic rings. The maximum Gasteiger partial charge on any atom is 0.246 e. The monoisotopic (exact) mass is 1550 g/mol. The van der Waals surface area contributed by atoms with Gasteiger partial charge in [0.2, 0.25) is 65.0 Å². The molecule has 35 nitrogen and oxygen atoms in total. The summed E-state index contributed by atoms with van der Waals surface area (Å²) in [5, 5.41) is 74.3. The number of carbonyl (C=O) groups excluding carboxylic acids is 11. The molecule has 0 bridgehead atoms. The lowest BCUT2D eigenvalue weighted by Gasteiger charge is -2.34. The Morgan fingerprint density at radius 1 is 0.670 bits per heavy atom. The zero-order valence-corrected chi connectivity index (χ0v) is 64.3. The zero-order valence-electron chi connectivity index (χ0n) is 64.3. The van der Waals surface area contributed by atoms with E-state index in [1.165, 1.54) is 45.3 Å². The number of hydrogen-bond acceptors (Lipinski definition) is 20. The van der Waals surface area contributed by atoms with E-state index >= 15 is 4.39 Å². The number of aromatic amines is 2. The first-order valence-corrected chi connectivity index (χ1v) is 36.9. The number of halogens is 1. The van der Waals surface area contributed by atoms with Crippen LogP contribution in [0.4, 0.5) is 4.39 Å². The van der Waals surface area contributed by atoms with Crippen LogP contribution in [-0.4, -0.2) is 203 Å². The largest absolute Gasteiger partial charge is 0.494 e. The predicted molar refractivity (Wildman–Crippen MR) is 407 cm³/mol. The smallest absolute Gasteiger partial charge is 0.246 e. The van der Waals surface area contributed by atoms with Crippen molar-refractivity contribution in [3.8, 4) is 16.9 Å². The maximum atomic E-state index is 15.5. The number of amides is 11. The van der Waals surface area contributed by atoms with E-state index in [-0.39, 0.29) is 43.5 Å². The van der Waals surface area contributed by atoms with Crippen LogP contribution < -0.4 is 63.6 Å². The molecule has 0 aliphatic rings. The lowest BCUT2D eigenvalue weighted by atomic mass is 9.90. The van der Waals surface area contributed by atoms with E-state index in [1.54, 1.807) is 18.3 Å². The Labute approximate surface area is 647 Å². The molecule has 604 valence electrons. The number of tetrazole rings is 1. The summed E-state index contributed by atoms with van der Waals surface area (Å²) < 4.78 is 21.5. The fraction of sp³-hybridized carbons (Fsp3) is 0.487. The van der Waals surface area contributed by atoms with Crippen LogP contribution in [0.5, 0.6) is 5.75 Å². The van der Waals surface area contributed by atoms with Gasteiger partial charge in [-0.1, -0.05) is 102 Å². The molecule has 11 amide bonds. The van der Waals surface area contributed by atoms with E-state index in [0.717, 1.165) is 65.9 Å². The third kappa shape index (κ3) is 28.0. The van der Waals surface area contributed by atoms with Gasteiger partial charge in [-0.2, -0.15) is 5.21 Å². The fourth-order valence-electron chi connectivity index (χ4n) is 12.2. The summed E-state index contributed by atoms with van der Waals surface area (Å²) in [4.78, 5) is 163. The molecule has 4 aromatic carbocycles. The van der Waals surface area contributed by atoms with Crippen LogP contribution >= 0.6 is 0 Å². The second kappa shape index (κ2) is 43.6. The number of rotatable bonds is 46. The van der Waals surface area contributed by atoms with E-state index in [9.17, 15) is 68.1 Å². The summed E-state index contributed by atoms with van der Waals surface area (Å²) in [5.74, 6) is -11.1. The molecular formula is C76H103FN20O15. The SMILES string of the molecule is CCc1cc(OCCCCN=[N+]=[N-])ccc1-c1ccc(C[C@H](NC(=O)[C@H](CC)NC(=O)[C@H](CO)NC(=O)[C@@H](NC(=O)[C@](C)(Cc2ccccc2F)NC(=O)[C@@H](NC(=O)CNC(=O)[C@H](Cc2nn[nH]n2)NC(=O)C(C)(C)NC(=O)CCCc2cnc[nH]2)[C@@H](C)O)[C@@H](C)O)C(=O)N[C@@H](CCCc2cc(C)cc(C)c2)C(N)=O)cc1. The van der Waals surface area contributed by atoms with Crippen LogP contribution in [0.1, 0.15) is 138 Å². The molecule has 0 fully saturated rings. The van der Waals surface area contributed by atoms with Crippen molar-refractivity contribution in [1.29, 1.82) is 0 Å². The Balaban J connectivity index is 1.14. The number of azide groups is 1. The number of nitrogens with zero attached hydrogens (tertiary/aromatic N) is 7. The van der Waals surface area contributed by atoms with Gasteiger partial charge in [0.05, 0.1) is 38.3 Å². The van der Waals surface area contributed by atoms with Gasteiger partial charge in [0.1, 0.15) is 64.9 Å². The number of nitrogens with one attached hydrogen (secondary N) is 12. The minimum atomic E-state index is -2.35. The minimum absolute atomic E-state index is 0.0342. The lowest BCUT2D eigenvalue weighted by molar-refractivity contribution is -0.140. The van der Waals surface area contributed by atoms with Gasteiger partial charge in [-0.05, 0) is 163 Å². The van der Waals surface area contributed by atoms with Crippen LogP contribution in [0.15, 0.2) is 103 Å². The number of carbonyl (C=O) groups is 11. The van der Waals surface area contributed by atoms with Gasteiger partial charge in [0, 0.05) is 49.0 Å². The molecule has 0 aliphatic carbocycles. The van der Waals surface area contributed by atoms with Gasteiger partial charge in [-0.3, -0.25) is 52.7 Å². The summed E-state index contributed by atoms with van der Waals surface area (Å²) in [5.41, 5.74) is 17.6. The zero-order chi connectivity index (χ0) is 82.2. The number of benzene rings is 4. The van der Waals surface area contributed by atoms with Crippen LogP contribution in [0.2, 0.25) is 0 Å². The third-order valence-electron chi connectivity index (χ3n) is 18.3. The van der Waals surface area contributed by atoms with Crippen molar-refractivity contribution >= 4 is 65.0 Å². The van der Waals surface area contributed by atoms with Crippen molar-refractivity contribution in [2.45, 2.75) is 211 Å². The number of aliphatic hydroxyl groups excluding tert-OH is 3. The van der Waals surface area contributed by atoms with E-state index < -0.39 is 156 Å². The number of aliphatic hydroxyl groups is 3. The molecule has 2 heterocycles. The highest BCUT2D eigenvalue weighted by Crippen LogP contribution is 2.29. The van der Waals surface area contributed by atoms with Gasteiger partial charge < -0.3 is 83.9 Å². The number of aromatic nitrogens is 6. The molecule has 2 aromatic heterocycles. The predicted octanol–water partition coefficient (Wildman–Crippen LogP) is 1.38. The Morgan fingerprint density at radius 3 is 1.95 bits per heavy atom. The van der Waals surface area contributed by atoms with Crippen LogP contribution in [0.25, 0.3) is 21.6 Å². The molecule has 0 unspecified atom stereocenters. The number of aryl methyl sites for hydroxylation is 5. The third-order valence-corrected chi connectivity index (χ3v) is 18.3. The molecule has 0 saturated heterocycles. The molecule has 0 aliphatic heterocycles. The standard InChI is InChI=1S/C76H103FN20O15/c1-10-49-36-53(112-31-15-14-30-83-95-79)28-29-54(49)50-26-24-47(25-27-50)35-58(69(106)85-57(66(78)103)22-16-18-48-33-43(3)32-44(4)34-48)86-68(105)56(11-2)84-70(107)60(41-98)87-71(108)64(45(5)99)90-74(111)76(9,38-51-19-12-13-21-55(51)77)92-72(109)65(46(6)100)89-63(102)40-81-67(104)59(37-61-93-96-97-94-61)88-73(110)75(7,8)91-62(101)23-17-20-52-39-80-42-82-52/h12-13,19,21,24-29,32-34,36,39,42,45-46,56-60,64-65,98-100H,10-11,14-18,20,22-23,30-31,35,37-38,40-41H2,1-9H3,(H2,78,103)(H,80,82)(H,81,104)(H,84,107)(H,85,106)(H,86,105)(H,87,108)(H,88,110)(H,89,102)(H,90,111)(H,91,101)(H,92,109)(H,93,94,96,97)/t45-,46-,56+,57+,58+,59+,60+,64+,65+,76+/m1/s1.